The molecule has 0 saturated heterocycles. The molecular weight excluding hydrogens is 428 g/mol. The molecule has 1 aromatic carbocycles. The second-order valence-electron chi connectivity index (χ2n) is 4.91. The highest BCUT2D eigenvalue weighted by Crippen LogP contribution is 2.11. The first-order chi connectivity index (χ1) is 11.2. The molecule has 6 nitrogen and oxygen atoms in total. The number of nitrogens with zero attached hydrogens (tertiary/aromatic N) is 1. The van der Waals surface area contributed by atoms with Crippen molar-refractivity contribution >= 4 is 29.9 Å². The van der Waals surface area contributed by atoms with Gasteiger partial charge in [-0.25, -0.2) is 4.39 Å². The number of hydrogen-bond donors (Lipinski definition) is 3. The van der Waals surface area contributed by atoms with Gasteiger partial charge in [-0.15, -0.1) is 24.0 Å². The summed E-state index contributed by atoms with van der Waals surface area (Å²) >= 11 is 0. The second kappa shape index (κ2) is 14.2. The van der Waals surface area contributed by atoms with Gasteiger partial charge < -0.3 is 25.2 Å². The van der Waals surface area contributed by atoms with E-state index in [9.17, 15) is 9.50 Å². The van der Waals surface area contributed by atoms with Crippen LogP contribution in [0.5, 0.6) is 5.75 Å². The van der Waals surface area contributed by atoms with Gasteiger partial charge in [0.05, 0.1) is 6.54 Å². The van der Waals surface area contributed by atoms with Crippen LogP contribution in [0.15, 0.2) is 29.3 Å². The molecule has 24 heavy (non-hydrogen) atoms. The average Bonchev–Trinajstić information content (AvgIpc) is 2.56. The number of halogens is 2. The number of methoxy groups -OCH3 is 1. The lowest BCUT2D eigenvalue weighted by Crippen LogP contribution is -2.39. The predicted octanol–water partition coefficient (Wildman–Crippen LogP) is 1.77. The summed E-state index contributed by atoms with van der Waals surface area (Å²) in [5.74, 6) is 0.834. The van der Waals surface area contributed by atoms with Gasteiger partial charge in [-0.05, 0) is 37.6 Å². The summed E-state index contributed by atoms with van der Waals surface area (Å²) in [4.78, 5) is 4.30. The van der Waals surface area contributed by atoms with Crippen molar-refractivity contribution in [3.05, 3.63) is 30.1 Å². The summed E-state index contributed by atoms with van der Waals surface area (Å²) in [5.41, 5.74) is 0. The Morgan fingerprint density at radius 2 is 2.00 bits per heavy atom. The average molecular weight is 455 g/mol. The Morgan fingerprint density at radius 3 is 2.62 bits per heavy atom. The zero-order valence-corrected chi connectivity index (χ0v) is 16.5. The molecule has 1 aromatic rings. The molecule has 0 aliphatic carbocycles. The van der Waals surface area contributed by atoms with Crippen LogP contribution in [0.4, 0.5) is 4.39 Å². The molecule has 0 amide bonds. The van der Waals surface area contributed by atoms with Crippen molar-refractivity contribution in [1.29, 1.82) is 0 Å². The fourth-order valence-corrected chi connectivity index (χ4v) is 1.74. The minimum atomic E-state index is -0.741. The van der Waals surface area contributed by atoms with Gasteiger partial charge in [0.15, 0.2) is 5.96 Å². The Balaban J connectivity index is 0.00000529. The van der Waals surface area contributed by atoms with Crippen LogP contribution in [0, 0.1) is 5.82 Å². The van der Waals surface area contributed by atoms with Crippen molar-refractivity contribution in [2.45, 2.75) is 19.4 Å². The molecule has 0 spiro atoms. The van der Waals surface area contributed by atoms with Crippen LogP contribution in [0.1, 0.15) is 13.3 Å². The Hall–Kier alpha value is -1.13. The van der Waals surface area contributed by atoms with Crippen molar-refractivity contribution in [3.63, 3.8) is 0 Å². The van der Waals surface area contributed by atoms with E-state index in [-0.39, 0.29) is 42.9 Å². The van der Waals surface area contributed by atoms with E-state index in [4.69, 9.17) is 9.47 Å². The molecular formula is C16H27FIN3O3. The Labute approximate surface area is 159 Å². The lowest BCUT2D eigenvalue weighted by molar-refractivity contribution is 0.114. The summed E-state index contributed by atoms with van der Waals surface area (Å²) < 4.78 is 23.1. The number of hydrogen-bond acceptors (Lipinski definition) is 4. The van der Waals surface area contributed by atoms with E-state index in [0.29, 0.717) is 18.3 Å². The topological polar surface area (TPSA) is 75.1 Å². The fourth-order valence-electron chi connectivity index (χ4n) is 1.74. The van der Waals surface area contributed by atoms with E-state index in [1.54, 1.807) is 7.11 Å². The first-order valence-corrected chi connectivity index (χ1v) is 7.73. The third-order valence-electron chi connectivity index (χ3n) is 2.88. The van der Waals surface area contributed by atoms with Gasteiger partial charge in [0.2, 0.25) is 0 Å². The highest BCUT2D eigenvalue weighted by molar-refractivity contribution is 14.0. The smallest absolute Gasteiger partial charge is 0.191 e. The van der Waals surface area contributed by atoms with Gasteiger partial charge in [-0.3, -0.25) is 4.99 Å². The monoisotopic (exact) mass is 455 g/mol. The van der Waals surface area contributed by atoms with Gasteiger partial charge in [0, 0.05) is 26.8 Å². The summed E-state index contributed by atoms with van der Waals surface area (Å²) in [6.45, 7) is 4.43. The highest BCUT2D eigenvalue weighted by Gasteiger charge is 2.06. The maximum Gasteiger partial charge on any atom is 0.191 e. The van der Waals surface area contributed by atoms with Crippen LogP contribution in [-0.2, 0) is 4.74 Å². The van der Waals surface area contributed by atoms with Crippen LogP contribution in [0.2, 0.25) is 0 Å². The van der Waals surface area contributed by atoms with Crippen LogP contribution in [0.25, 0.3) is 0 Å². The molecule has 0 bridgehead atoms. The zero-order chi connectivity index (χ0) is 16.9. The molecule has 138 valence electrons. The molecule has 1 unspecified atom stereocenters. The van der Waals surface area contributed by atoms with Crippen LogP contribution < -0.4 is 15.4 Å². The third-order valence-corrected chi connectivity index (χ3v) is 2.88. The third kappa shape index (κ3) is 10.6. The molecule has 0 aromatic heterocycles. The minimum Gasteiger partial charge on any atom is -0.491 e. The zero-order valence-electron chi connectivity index (χ0n) is 14.1. The normalized spacial score (nSPS) is 12.2. The van der Waals surface area contributed by atoms with Crippen molar-refractivity contribution in [2.24, 2.45) is 4.99 Å². The number of aliphatic hydroxyl groups is 1. The summed E-state index contributed by atoms with van der Waals surface area (Å²) in [7, 11) is 1.66. The minimum absolute atomic E-state index is 0. The van der Waals surface area contributed by atoms with E-state index in [0.717, 1.165) is 19.5 Å². The Morgan fingerprint density at radius 1 is 1.29 bits per heavy atom. The van der Waals surface area contributed by atoms with Crippen molar-refractivity contribution in [3.8, 4) is 5.75 Å². The molecule has 1 atom stereocenters. The summed E-state index contributed by atoms with van der Waals surface area (Å²) in [6.07, 6.45) is 0.131. The lowest BCUT2D eigenvalue weighted by Gasteiger charge is -2.13. The van der Waals surface area contributed by atoms with Crippen molar-refractivity contribution < 1.29 is 19.0 Å². The van der Waals surface area contributed by atoms with E-state index < -0.39 is 6.10 Å². The molecule has 0 fully saturated rings. The number of guanidine groups is 1. The van der Waals surface area contributed by atoms with E-state index in [2.05, 4.69) is 15.6 Å². The van der Waals surface area contributed by atoms with Gasteiger partial charge in [-0.1, -0.05) is 0 Å². The largest absolute Gasteiger partial charge is 0.491 e. The molecule has 0 aliphatic rings. The number of aliphatic imine (C=N–C) groups is 1. The summed E-state index contributed by atoms with van der Waals surface area (Å²) in [5, 5.41) is 16.2. The molecule has 0 heterocycles. The number of benzene rings is 1. The molecule has 0 radical (unpaired) electrons. The second-order valence-corrected chi connectivity index (χ2v) is 4.91. The van der Waals surface area contributed by atoms with Crippen LogP contribution >= 0.6 is 24.0 Å². The van der Waals surface area contributed by atoms with Crippen molar-refractivity contribution in [2.75, 3.05) is 40.0 Å². The number of rotatable bonds is 10. The van der Waals surface area contributed by atoms with Crippen LogP contribution in [0.3, 0.4) is 0 Å². The predicted molar refractivity (Wildman–Crippen MR) is 104 cm³/mol. The lowest BCUT2D eigenvalue weighted by atomic mass is 10.3. The van der Waals surface area contributed by atoms with Gasteiger partial charge >= 0.3 is 0 Å². The molecule has 0 saturated carbocycles. The maximum absolute atomic E-state index is 12.8. The molecule has 8 heteroatoms. The van der Waals surface area contributed by atoms with E-state index >= 15 is 0 Å². The van der Waals surface area contributed by atoms with Gasteiger partial charge in [0.25, 0.3) is 0 Å². The van der Waals surface area contributed by atoms with Gasteiger partial charge in [-0.2, -0.15) is 0 Å². The maximum atomic E-state index is 12.8. The van der Waals surface area contributed by atoms with E-state index in [1.807, 2.05) is 6.92 Å². The first kappa shape index (κ1) is 22.9. The SMILES string of the molecule is CCNC(=NCC(O)COc1ccc(F)cc1)NCCCOC.I. The number of ether oxygens (including phenoxy) is 2. The molecule has 3 N–H and O–H groups in total. The standard InChI is InChI=1S/C16H26FN3O3.HI/c1-3-18-16(19-9-4-10-22-2)20-11-14(21)12-23-15-7-5-13(17)6-8-15;/h5-8,14,21H,3-4,9-12H2,1-2H3,(H2,18,19,20);1H. The number of nitrogens with one attached hydrogen (secondary N) is 2. The first-order valence-electron chi connectivity index (χ1n) is 7.73. The quantitative estimate of drug-likeness (QED) is 0.217. The fraction of sp³-hybridized carbons (Fsp3) is 0.562. The Bertz CT molecular complexity index is 460. The van der Waals surface area contributed by atoms with Crippen LogP contribution in [-0.4, -0.2) is 57.1 Å². The molecule has 0 aliphatic heterocycles. The number of aliphatic hydroxyl groups excluding tert-OH is 1. The van der Waals surface area contributed by atoms with Crippen molar-refractivity contribution in [1.82, 2.24) is 10.6 Å². The van der Waals surface area contributed by atoms with E-state index in [1.165, 1.54) is 24.3 Å². The highest BCUT2D eigenvalue weighted by atomic mass is 127. The molecule has 1 rings (SSSR count). The summed E-state index contributed by atoms with van der Waals surface area (Å²) in [6, 6.07) is 5.67. The Kier molecular flexibility index (Phi) is 13.6. The van der Waals surface area contributed by atoms with Gasteiger partial charge in [0.1, 0.15) is 24.3 Å².